The summed E-state index contributed by atoms with van der Waals surface area (Å²) in [7, 11) is 5.42. The number of nitroso groups, excluding NO2 is 1. The summed E-state index contributed by atoms with van der Waals surface area (Å²) < 4.78 is 5.11. The van der Waals surface area contributed by atoms with E-state index in [0.29, 0.717) is 11.9 Å². The molecule has 0 amide bonds. The molecule has 0 atom stereocenters. The van der Waals surface area contributed by atoms with Crippen molar-refractivity contribution in [3.05, 3.63) is 22.1 Å². The molecule has 0 aliphatic carbocycles. The lowest BCUT2D eigenvalue weighted by Crippen LogP contribution is -2.10. The van der Waals surface area contributed by atoms with E-state index >= 15 is 0 Å². The lowest BCUT2D eigenvalue weighted by molar-refractivity contribution is -0.340. The molecule has 3 rings (SSSR count). The number of nitrogens with one attached hydrogen (secondary N) is 1. The Morgan fingerprint density at radius 2 is 2.14 bits per heavy atom. The molecule has 0 saturated carbocycles. The first-order valence-corrected chi connectivity index (χ1v) is 7.35. The highest BCUT2D eigenvalue weighted by Crippen LogP contribution is 2.43. The average Bonchev–Trinajstić information content (AvgIpc) is 2.97. The summed E-state index contributed by atoms with van der Waals surface area (Å²) in [5.74, 6) is -0.214. The molecule has 0 spiro atoms. The zero-order valence-corrected chi connectivity index (χ0v) is 13.2. The first-order chi connectivity index (χ1) is 10.5. The van der Waals surface area contributed by atoms with E-state index in [0.717, 1.165) is 40.1 Å². The number of nitrogens with zero attached hydrogens (tertiary/aromatic N) is 3. The van der Waals surface area contributed by atoms with Crippen molar-refractivity contribution in [3.63, 3.8) is 0 Å². The minimum Gasteiger partial charge on any atom is -0.493 e. The van der Waals surface area contributed by atoms with E-state index in [2.05, 4.69) is 15.1 Å². The van der Waals surface area contributed by atoms with Crippen LogP contribution in [0.3, 0.4) is 0 Å². The Bertz CT molecular complexity index is 731. The van der Waals surface area contributed by atoms with Gasteiger partial charge in [-0.25, -0.2) is 0 Å². The van der Waals surface area contributed by atoms with Crippen LogP contribution in [0, 0.1) is 4.91 Å². The fraction of sp³-hybridized carbons (Fsp3) is 0.385. The van der Waals surface area contributed by atoms with Crippen LogP contribution in [-0.2, 0) is 22.4 Å². The second-order valence-corrected chi connectivity index (χ2v) is 6.12. The van der Waals surface area contributed by atoms with Crippen molar-refractivity contribution in [2.45, 2.75) is 18.0 Å². The number of aromatic nitrogens is 1. The summed E-state index contributed by atoms with van der Waals surface area (Å²) in [4.78, 5) is 21.7. The lowest BCUT2D eigenvalue weighted by atomic mass is 10.1. The minimum absolute atomic E-state index is 0.0164. The summed E-state index contributed by atoms with van der Waals surface area (Å²) in [6.45, 7) is 1.47. The summed E-state index contributed by atoms with van der Waals surface area (Å²) >= 11 is 1.07. The van der Waals surface area contributed by atoms with E-state index in [1.165, 1.54) is 5.06 Å². The number of aromatic amines is 1. The van der Waals surface area contributed by atoms with Crippen LogP contribution in [0.2, 0.25) is 0 Å². The van der Waals surface area contributed by atoms with Gasteiger partial charge in [-0.2, -0.15) is 5.06 Å². The van der Waals surface area contributed by atoms with Gasteiger partial charge < -0.3 is 10.1 Å². The molecule has 1 aliphatic heterocycles. The molecular formula is C13H16N4O4S. The zero-order chi connectivity index (χ0) is 15.9. The number of hydroxylamine groups is 2. The van der Waals surface area contributed by atoms with Gasteiger partial charge in [0.2, 0.25) is 5.88 Å². The molecule has 2 aromatic rings. The van der Waals surface area contributed by atoms with Crippen LogP contribution in [-0.4, -0.2) is 41.2 Å². The van der Waals surface area contributed by atoms with Gasteiger partial charge in [0.05, 0.1) is 17.6 Å². The molecule has 9 heteroatoms. The normalized spacial score (nSPS) is 14.9. The number of hydrogen-bond acceptors (Lipinski definition) is 8. The molecule has 2 N–H and O–H groups in total. The van der Waals surface area contributed by atoms with Gasteiger partial charge in [0, 0.05) is 37.5 Å². The fourth-order valence-corrected chi connectivity index (χ4v) is 3.29. The standard InChI is InChI=1S/C13H16N4O4S/c1-16(2)20-21-22-10-4-7-11(14-13(18)12(7)15-19)9-6-17(3)5-8(9)10/h4,14,18H,5-6H2,1-3H3. The third kappa shape index (κ3) is 2.57. The molecule has 0 bridgehead atoms. The van der Waals surface area contributed by atoms with Gasteiger partial charge in [-0.05, 0) is 29.4 Å². The van der Waals surface area contributed by atoms with Crippen LogP contribution >= 0.6 is 12.0 Å². The smallest absolute Gasteiger partial charge is 0.219 e. The van der Waals surface area contributed by atoms with Crippen molar-refractivity contribution in [1.82, 2.24) is 14.9 Å². The number of H-pyrrole nitrogens is 1. The monoisotopic (exact) mass is 324 g/mol. The van der Waals surface area contributed by atoms with Crippen molar-refractivity contribution in [1.29, 1.82) is 0 Å². The Morgan fingerprint density at radius 1 is 1.41 bits per heavy atom. The lowest BCUT2D eigenvalue weighted by Gasteiger charge is -2.10. The van der Waals surface area contributed by atoms with Crippen LogP contribution in [0.15, 0.2) is 16.1 Å². The number of benzene rings is 1. The molecule has 1 aromatic heterocycles. The summed E-state index contributed by atoms with van der Waals surface area (Å²) in [5, 5.41) is 14.8. The van der Waals surface area contributed by atoms with E-state index in [9.17, 15) is 10.0 Å². The van der Waals surface area contributed by atoms with Crippen molar-refractivity contribution in [3.8, 4) is 5.88 Å². The van der Waals surface area contributed by atoms with E-state index in [1.807, 2.05) is 7.05 Å². The van der Waals surface area contributed by atoms with Crippen LogP contribution in [0.5, 0.6) is 5.88 Å². The number of fused-ring (bicyclic) bond motifs is 3. The molecular weight excluding hydrogens is 308 g/mol. The van der Waals surface area contributed by atoms with Crippen molar-refractivity contribution in [2.75, 3.05) is 21.1 Å². The highest BCUT2D eigenvalue weighted by atomic mass is 32.2. The molecule has 2 heterocycles. The van der Waals surface area contributed by atoms with E-state index in [4.69, 9.17) is 9.32 Å². The maximum atomic E-state index is 11.0. The van der Waals surface area contributed by atoms with E-state index < -0.39 is 0 Å². The Morgan fingerprint density at radius 3 is 2.82 bits per heavy atom. The summed E-state index contributed by atoms with van der Waals surface area (Å²) in [6, 6.07) is 1.78. The summed E-state index contributed by atoms with van der Waals surface area (Å²) in [5.41, 5.74) is 2.87. The SMILES string of the molecule is CN1Cc2c(SOON(C)C)cc3c(N=O)c(O)[nH]c3c2C1. The first-order valence-electron chi connectivity index (χ1n) is 6.61. The molecule has 0 unspecified atom stereocenters. The van der Waals surface area contributed by atoms with E-state index in [1.54, 1.807) is 20.2 Å². The zero-order valence-electron chi connectivity index (χ0n) is 12.4. The molecule has 118 valence electrons. The number of rotatable bonds is 5. The largest absolute Gasteiger partial charge is 0.493 e. The first kappa shape index (κ1) is 15.3. The average molecular weight is 324 g/mol. The predicted octanol–water partition coefficient (Wildman–Crippen LogP) is 2.65. The fourth-order valence-electron chi connectivity index (χ4n) is 2.61. The molecule has 1 aliphatic rings. The number of aromatic hydroxyl groups is 1. The van der Waals surface area contributed by atoms with Gasteiger partial charge in [0.15, 0.2) is 5.69 Å². The highest BCUT2D eigenvalue weighted by molar-refractivity contribution is 7.94. The maximum absolute atomic E-state index is 11.0. The Labute approximate surface area is 131 Å². The quantitative estimate of drug-likeness (QED) is 0.378. The molecule has 22 heavy (non-hydrogen) atoms. The van der Waals surface area contributed by atoms with Gasteiger partial charge in [0.1, 0.15) is 0 Å². The van der Waals surface area contributed by atoms with Gasteiger partial charge in [-0.15, -0.1) is 14.2 Å². The topological polar surface area (TPSA) is 90.4 Å². The van der Waals surface area contributed by atoms with Crippen LogP contribution in [0.25, 0.3) is 10.9 Å². The molecule has 0 saturated heterocycles. The Balaban J connectivity index is 2.07. The van der Waals surface area contributed by atoms with Gasteiger partial charge in [-0.1, -0.05) is 0 Å². The minimum atomic E-state index is -0.214. The van der Waals surface area contributed by atoms with Gasteiger partial charge in [0.25, 0.3) is 0 Å². The second-order valence-electron chi connectivity index (χ2n) is 5.38. The van der Waals surface area contributed by atoms with Crippen molar-refractivity contribution in [2.24, 2.45) is 5.18 Å². The third-order valence-corrected chi connectivity index (χ3v) is 4.15. The maximum Gasteiger partial charge on any atom is 0.219 e. The second kappa shape index (κ2) is 5.86. The Kier molecular flexibility index (Phi) is 4.06. The Hall–Kier alpha value is -1.65. The van der Waals surface area contributed by atoms with Crippen LogP contribution in [0.1, 0.15) is 11.1 Å². The highest BCUT2D eigenvalue weighted by Gasteiger charge is 2.26. The molecule has 0 radical (unpaired) electrons. The number of hydrogen-bond donors (Lipinski definition) is 2. The van der Waals surface area contributed by atoms with E-state index in [-0.39, 0.29) is 11.6 Å². The van der Waals surface area contributed by atoms with Crippen LogP contribution in [0.4, 0.5) is 5.69 Å². The molecule has 8 nitrogen and oxygen atoms in total. The molecule has 0 fully saturated rings. The summed E-state index contributed by atoms with van der Waals surface area (Å²) in [6.07, 6.45) is 0. The van der Waals surface area contributed by atoms with Gasteiger partial charge in [-0.3, -0.25) is 4.90 Å². The third-order valence-electron chi connectivity index (χ3n) is 3.48. The molecule has 1 aromatic carbocycles. The predicted molar refractivity (Wildman–Crippen MR) is 82.3 cm³/mol. The van der Waals surface area contributed by atoms with Crippen LogP contribution < -0.4 is 0 Å². The van der Waals surface area contributed by atoms with Crippen molar-refractivity contribution < 1.29 is 14.4 Å². The van der Waals surface area contributed by atoms with Crippen molar-refractivity contribution >= 4 is 28.6 Å². The van der Waals surface area contributed by atoms with Gasteiger partial charge >= 0.3 is 0 Å².